The van der Waals surface area contributed by atoms with Crippen LogP contribution in [0.3, 0.4) is 0 Å². The number of hydrogen-bond acceptors (Lipinski definition) is 4. The first-order chi connectivity index (χ1) is 12.6. The van der Waals surface area contributed by atoms with Crippen LogP contribution in [0.4, 0.5) is 0 Å². The number of rotatable bonds is 5. The van der Waals surface area contributed by atoms with Crippen LogP contribution in [0, 0.1) is 5.92 Å². The van der Waals surface area contributed by atoms with Gasteiger partial charge in [-0.15, -0.1) is 0 Å². The van der Waals surface area contributed by atoms with E-state index in [1.54, 1.807) is 6.07 Å². The standard InChI is InChI=1S/C20H22Cl2N2O2/c1-2-26-20(25)15-5-7-24(8-6-15)13-14-9-17(12-23-11-14)16-3-4-18(21)19(22)10-16/h3-4,9-12,15H,2,5-8,13H2,1H3. The lowest BCUT2D eigenvalue weighted by Gasteiger charge is -2.30. The molecule has 1 aliphatic rings. The Labute approximate surface area is 164 Å². The smallest absolute Gasteiger partial charge is 0.309 e. The Kier molecular flexibility index (Phi) is 6.52. The van der Waals surface area contributed by atoms with E-state index in [0.29, 0.717) is 16.7 Å². The van der Waals surface area contributed by atoms with E-state index in [1.165, 1.54) is 0 Å². The monoisotopic (exact) mass is 392 g/mol. The van der Waals surface area contributed by atoms with E-state index in [9.17, 15) is 4.79 Å². The van der Waals surface area contributed by atoms with Gasteiger partial charge in [0.05, 0.1) is 22.6 Å². The van der Waals surface area contributed by atoms with Crippen molar-refractivity contribution >= 4 is 29.2 Å². The SMILES string of the molecule is CCOC(=O)C1CCN(Cc2cncc(-c3ccc(Cl)c(Cl)c3)c2)CC1. The summed E-state index contributed by atoms with van der Waals surface area (Å²) in [4.78, 5) is 18.6. The molecule has 1 saturated heterocycles. The molecule has 0 spiro atoms. The maximum Gasteiger partial charge on any atom is 0.309 e. The maximum atomic E-state index is 11.8. The van der Waals surface area contributed by atoms with E-state index >= 15 is 0 Å². The summed E-state index contributed by atoms with van der Waals surface area (Å²) in [5.74, 6) is -0.0256. The highest BCUT2D eigenvalue weighted by atomic mass is 35.5. The van der Waals surface area contributed by atoms with Gasteiger partial charge in [-0.25, -0.2) is 0 Å². The molecule has 1 aromatic heterocycles. The van der Waals surface area contributed by atoms with E-state index in [0.717, 1.165) is 49.2 Å². The molecule has 2 heterocycles. The van der Waals surface area contributed by atoms with Crippen molar-refractivity contribution in [3.8, 4) is 11.1 Å². The van der Waals surface area contributed by atoms with Crippen molar-refractivity contribution in [2.24, 2.45) is 5.92 Å². The van der Waals surface area contributed by atoms with E-state index in [4.69, 9.17) is 27.9 Å². The molecule has 1 aromatic carbocycles. The average Bonchev–Trinajstić information content (AvgIpc) is 2.65. The molecule has 4 nitrogen and oxygen atoms in total. The molecule has 1 fully saturated rings. The number of pyridine rings is 1. The van der Waals surface area contributed by atoms with Crippen molar-refractivity contribution in [2.45, 2.75) is 26.3 Å². The van der Waals surface area contributed by atoms with Crippen LogP contribution >= 0.6 is 23.2 Å². The van der Waals surface area contributed by atoms with Crippen molar-refractivity contribution in [3.63, 3.8) is 0 Å². The largest absolute Gasteiger partial charge is 0.466 e. The number of aromatic nitrogens is 1. The Bertz CT molecular complexity index is 774. The fourth-order valence-corrected chi connectivity index (χ4v) is 3.55. The molecule has 1 aliphatic heterocycles. The first-order valence-corrected chi connectivity index (χ1v) is 9.60. The van der Waals surface area contributed by atoms with E-state index in [2.05, 4.69) is 16.0 Å². The molecule has 2 aromatic rings. The number of piperidine rings is 1. The maximum absolute atomic E-state index is 11.8. The van der Waals surface area contributed by atoms with Gasteiger partial charge in [-0.2, -0.15) is 0 Å². The third-order valence-electron chi connectivity index (χ3n) is 4.66. The molecule has 0 amide bonds. The number of nitrogens with zero attached hydrogens (tertiary/aromatic N) is 2. The summed E-state index contributed by atoms with van der Waals surface area (Å²) >= 11 is 12.1. The van der Waals surface area contributed by atoms with Crippen LogP contribution in [0.15, 0.2) is 36.7 Å². The topological polar surface area (TPSA) is 42.4 Å². The molecule has 6 heteroatoms. The van der Waals surface area contributed by atoms with E-state index < -0.39 is 0 Å². The summed E-state index contributed by atoms with van der Waals surface area (Å²) in [6, 6.07) is 7.73. The molecule has 0 saturated carbocycles. The third-order valence-corrected chi connectivity index (χ3v) is 5.40. The van der Waals surface area contributed by atoms with Crippen molar-refractivity contribution in [1.82, 2.24) is 9.88 Å². The van der Waals surface area contributed by atoms with Gasteiger partial charge in [0.2, 0.25) is 0 Å². The van der Waals surface area contributed by atoms with Gasteiger partial charge in [-0.1, -0.05) is 29.3 Å². The van der Waals surface area contributed by atoms with Crippen LogP contribution in [-0.2, 0) is 16.1 Å². The van der Waals surface area contributed by atoms with Gasteiger partial charge in [0.1, 0.15) is 0 Å². The molecule has 0 radical (unpaired) electrons. The Morgan fingerprint density at radius 3 is 2.62 bits per heavy atom. The average molecular weight is 393 g/mol. The first-order valence-electron chi connectivity index (χ1n) is 8.85. The van der Waals surface area contributed by atoms with Gasteiger partial charge in [0.25, 0.3) is 0 Å². The second-order valence-corrected chi connectivity index (χ2v) is 7.33. The molecule has 0 atom stereocenters. The highest BCUT2D eigenvalue weighted by molar-refractivity contribution is 6.42. The molecule has 26 heavy (non-hydrogen) atoms. The van der Waals surface area contributed by atoms with Crippen molar-refractivity contribution in [1.29, 1.82) is 0 Å². The zero-order valence-electron chi connectivity index (χ0n) is 14.8. The van der Waals surface area contributed by atoms with Crippen LogP contribution in [0.2, 0.25) is 10.0 Å². The number of ether oxygens (including phenoxy) is 1. The third kappa shape index (κ3) is 4.76. The molecule has 0 bridgehead atoms. The zero-order valence-corrected chi connectivity index (χ0v) is 16.3. The first kappa shape index (κ1) is 19.2. The van der Waals surface area contributed by atoms with Gasteiger partial charge < -0.3 is 4.74 Å². The molecular formula is C20H22Cl2N2O2. The van der Waals surface area contributed by atoms with Crippen molar-refractivity contribution < 1.29 is 9.53 Å². The van der Waals surface area contributed by atoms with Gasteiger partial charge in [0.15, 0.2) is 0 Å². The molecule has 3 rings (SSSR count). The zero-order chi connectivity index (χ0) is 18.5. The highest BCUT2D eigenvalue weighted by Gasteiger charge is 2.25. The number of carbonyl (C=O) groups excluding carboxylic acids is 1. The van der Waals surface area contributed by atoms with Crippen LogP contribution in [-0.4, -0.2) is 35.5 Å². The Morgan fingerprint density at radius 2 is 1.92 bits per heavy atom. The Balaban J connectivity index is 1.63. The number of benzene rings is 1. The summed E-state index contributed by atoms with van der Waals surface area (Å²) in [6.07, 6.45) is 5.41. The van der Waals surface area contributed by atoms with Crippen LogP contribution in [0.5, 0.6) is 0 Å². The number of carbonyl (C=O) groups is 1. The van der Waals surface area contributed by atoms with Gasteiger partial charge in [-0.05, 0) is 62.2 Å². The summed E-state index contributed by atoms with van der Waals surface area (Å²) in [6.45, 7) is 4.89. The summed E-state index contributed by atoms with van der Waals surface area (Å²) in [5, 5.41) is 1.08. The van der Waals surface area contributed by atoms with Crippen LogP contribution in [0.1, 0.15) is 25.3 Å². The van der Waals surface area contributed by atoms with Crippen LogP contribution < -0.4 is 0 Å². The van der Waals surface area contributed by atoms with Crippen LogP contribution in [0.25, 0.3) is 11.1 Å². The van der Waals surface area contributed by atoms with E-state index in [1.807, 2.05) is 31.5 Å². The fraction of sp³-hybridized carbons (Fsp3) is 0.400. The summed E-state index contributed by atoms with van der Waals surface area (Å²) < 4.78 is 5.13. The lowest BCUT2D eigenvalue weighted by atomic mass is 9.96. The highest BCUT2D eigenvalue weighted by Crippen LogP contribution is 2.29. The van der Waals surface area contributed by atoms with Gasteiger partial charge in [0, 0.05) is 24.5 Å². The molecule has 0 aliphatic carbocycles. The normalized spacial score (nSPS) is 15.8. The lowest BCUT2D eigenvalue weighted by molar-refractivity contribution is -0.149. The molecular weight excluding hydrogens is 371 g/mol. The molecule has 0 N–H and O–H groups in total. The summed E-state index contributed by atoms with van der Waals surface area (Å²) in [7, 11) is 0. The Hall–Kier alpha value is -1.62. The van der Waals surface area contributed by atoms with Crippen molar-refractivity contribution in [3.05, 3.63) is 52.3 Å². The van der Waals surface area contributed by atoms with Gasteiger partial charge in [-0.3, -0.25) is 14.7 Å². The minimum absolute atomic E-state index is 0.0341. The fourth-order valence-electron chi connectivity index (χ4n) is 3.25. The number of hydrogen-bond donors (Lipinski definition) is 0. The predicted octanol–water partition coefficient (Wildman–Crippen LogP) is 4.83. The lowest BCUT2D eigenvalue weighted by Crippen LogP contribution is -2.36. The Morgan fingerprint density at radius 1 is 1.15 bits per heavy atom. The molecule has 138 valence electrons. The minimum Gasteiger partial charge on any atom is -0.466 e. The second-order valence-electron chi connectivity index (χ2n) is 6.51. The van der Waals surface area contributed by atoms with Gasteiger partial charge >= 0.3 is 5.97 Å². The number of halogens is 2. The second kappa shape index (κ2) is 8.85. The minimum atomic E-state index is -0.0598. The summed E-state index contributed by atoms with van der Waals surface area (Å²) in [5.41, 5.74) is 3.15. The predicted molar refractivity (Wildman–Crippen MR) is 104 cm³/mol. The van der Waals surface area contributed by atoms with E-state index in [-0.39, 0.29) is 11.9 Å². The number of esters is 1. The number of likely N-dealkylation sites (tertiary alicyclic amines) is 1. The van der Waals surface area contributed by atoms with Crippen molar-refractivity contribution in [2.75, 3.05) is 19.7 Å². The quantitative estimate of drug-likeness (QED) is 0.683. The molecule has 0 unspecified atom stereocenters.